The SMILES string of the molecule is CCCC(CCC)OC(=O)N(Cc1ccccc1)c1ccccc1. The van der Waals surface area contributed by atoms with E-state index in [0.29, 0.717) is 6.54 Å². The van der Waals surface area contributed by atoms with E-state index in [1.807, 2.05) is 60.7 Å². The first-order chi connectivity index (χ1) is 11.7. The summed E-state index contributed by atoms with van der Waals surface area (Å²) in [6, 6.07) is 19.7. The van der Waals surface area contributed by atoms with E-state index in [0.717, 1.165) is 36.9 Å². The van der Waals surface area contributed by atoms with Crippen molar-refractivity contribution in [2.24, 2.45) is 0 Å². The standard InChI is InChI=1S/C21H27NO2/c1-3-11-20(12-4-2)24-21(23)22(19-15-9-6-10-16-19)17-18-13-7-5-8-14-18/h5-10,13-16,20H,3-4,11-12,17H2,1-2H3. The molecule has 0 N–H and O–H groups in total. The van der Waals surface area contributed by atoms with Crippen molar-refractivity contribution in [2.45, 2.75) is 52.2 Å². The highest BCUT2D eigenvalue weighted by Crippen LogP contribution is 2.20. The third kappa shape index (κ3) is 5.41. The Labute approximate surface area is 145 Å². The van der Waals surface area contributed by atoms with Crippen LogP contribution in [-0.4, -0.2) is 12.2 Å². The zero-order valence-electron chi connectivity index (χ0n) is 14.7. The van der Waals surface area contributed by atoms with Gasteiger partial charge in [-0.15, -0.1) is 0 Å². The molecule has 0 aliphatic heterocycles. The summed E-state index contributed by atoms with van der Waals surface area (Å²) in [7, 11) is 0. The summed E-state index contributed by atoms with van der Waals surface area (Å²) < 4.78 is 5.81. The third-order valence-corrected chi connectivity index (χ3v) is 3.96. The molecule has 0 aromatic heterocycles. The second kappa shape index (κ2) is 9.76. The van der Waals surface area contributed by atoms with Crippen molar-refractivity contribution >= 4 is 11.8 Å². The minimum atomic E-state index is -0.267. The fourth-order valence-electron chi connectivity index (χ4n) is 2.75. The maximum absolute atomic E-state index is 12.8. The largest absolute Gasteiger partial charge is 0.446 e. The van der Waals surface area contributed by atoms with E-state index >= 15 is 0 Å². The number of amides is 1. The molecule has 0 unspecified atom stereocenters. The van der Waals surface area contributed by atoms with Gasteiger partial charge in [0.1, 0.15) is 6.10 Å². The molecule has 1 amide bonds. The number of carbonyl (C=O) groups is 1. The van der Waals surface area contributed by atoms with E-state index in [1.54, 1.807) is 4.90 Å². The van der Waals surface area contributed by atoms with Gasteiger partial charge in [-0.1, -0.05) is 75.2 Å². The number of para-hydroxylation sites is 1. The Hall–Kier alpha value is -2.29. The minimum absolute atomic E-state index is 0.00511. The monoisotopic (exact) mass is 325 g/mol. The Balaban J connectivity index is 2.17. The molecule has 0 fully saturated rings. The van der Waals surface area contributed by atoms with Crippen LogP contribution < -0.4 is 4.90 Å². The van der Waals surface area contributed by atoms with Gasteiger partial charge in [-0.2, -0.15) is 0 Å². The van der Waals surface area contributed by atoms with Crippen molar-refractivity contribution < 1.29 is 9.53 Å². The number of nitrogens with zero attached hydrogens (tertiary/aromatic N) is 1. The van der Waals surface area contributed by atoms with Crippen LogP contribution in [0, 0.1) is 0 Å². The quantitative estimate of drug-likeness (QED) is 0.614. The highest BCUT2D eigenvalue weighted by Gasteiger charge is 2.21. The van der Waals surface area contributed by atoms with E-state index in [9.17, 15) is 4.79 Å². The third-order valence-electron chi connectivity index (χ3n) is 3.96. The lowest BCUT2D eigenvalue weighted by atomic mass is 10.1. The predicted octanol–water partition coefficient (Wildman–Crippen LogP) is 5.80. The second-order valence-corrected chi connectivity index (χ2v) is 5.99. The van der Waals surface area contributed by atoms with Crippen molar-refractivity contribution in [2.75, 3.05) is 4.90 Å². The molecular formula is C21H27NO2. The molecule has 0 saturated carbocycles. The van der Waals surface area contributed by atoms with E-state index in [4.69, 9.17) is 4.74 Å². The highest BCUT2D eigenvalue weighted by atomic mass is 16.6. The molecule has 0 bridgehead atoms. The smallest absolute Gasteiger partial charge is 0.414 e. The Morgan fingerprint density at radius 3 is 2.00 bits per heavy atom. The van der Waals surface area contributed by atoms with Crippen LogP contribution >= 0.6 is 0 Å². The van der Waals surface area contributed by atoms with Crippen LogP contribution in [0.25, 0.3) is 0 Å². The average Bonchev–Trinajstić information content (AvgIpc) is 2.61. The van der Waals surface area contributed by atoms with Gasteiger partial charge in [0, 0.05) is 5.69 Å². The van der Waals surface area contributed by atoms with E-state index in [-0.39, 0.29) is 12.2 Å². The average molecular weight is 325 g/mol. The number of ether oxygens (including phenoxy) is 1. The highest BCUT2D eigenvalue weighted by molar-refractivity contribution is 5.87. The van der Waals surface area contributed by atoms with Crippen LogP contribution in [0.15, 0.2) is 60.7 Å². The van der Waals surface area contributed by atoms with Crippen molar-refractivity contribution in [3.8, 4) is 0 Å². The normalized spacial score (nSPS) is 10.6. The first-order valence-corrected chi connectivity index (χ1v) is 8.81. The number of hydrogen-bond donors (Lipinski definition) is 0. The lowest BCUT2D eigenvalue weighted by Crippen LogP contribution is -2.34. The number of benzene rings is 2. The molecule has 0 saturated heterocycles. The molecule has 2 aromatic rings. The van der Waals surface area contributed by atoms with Gasteiger partial charge in [0.25, 0.3) is 0 Å². The summed E-state index contributed by atoms with van der Waals surface area (Å²) in [5, 5.41) is 0. The zero-order valence-corrected chi connectivity index (χ0v) is 14.7. The van der Waals surface area contributed by atoms with Gasteiger partial charge >= 0.3 is 6.09 Å². The summed E-state index contributed by atoms with van der Waals surface area (Å²) in [6.45, 7) is 4.75. The summed E-state index contributed by atoms with van der Waals surface area (Å²) in [5.74, 6) is 0. The van der Waals surface area contributed by atoms with Crippen LogP contribution in [0.1, 0.15) is 45.1 Å². The van der Waals surface area contributed by atoms with Gasteiger partial charge < -0.3 is 4.74 Å². The van der Waals surface area contributed by atoms with Crippen LogP contribution in [0.2, 0.25) is 0 Å². The van der Waals surface area contributed by atoms with E-state index in [1.165, 1.54) is 0 Å². The zero-order chi connectivity index (χ0) is 17.2. The second-order valence-electron chi connectivity index (χ2n) is 5.99. The molecule has 0 atom stereocenters. The number of carbonyl (C=O) groups excluding carboxylic acids is 1. The van der Waals surface area contributed by atoms with Crippen molar-refractivity contribution in [3.05, 3.63) is 66.2 Å². The number of anilines is 1. The fraction of sp³-hybridized carbons (Fsp3) is 0.381. The van der Waals surface area contributed by atoms with Gasteiger partial charge in [0.05, 0.1) is 6.54 Å². The van der Waals surface area contributed by atoms with Crippen LogP contribution in [0.4, 0.5) is 10.5 Å². The molecule has 0 aliphatic carbocycles. The molecule has 0 radical (unpaired) electrons. The molecule has 2 rings (SSSR count). The summed E-state index contributed by atoms with van der Waals surface area (Å²) in [5.41, 5.74) is 1.94. The molecule has 24 heavy (non-hydrogen) atoms. The molecule has 0 heterocycles. The Kier molecular flexibility index (Phi) is 7.34. The number of rotatable bonds is 8. The maximum atomic E-state index is 12.8. The Morgan fingerprint density at radius 2 is 1.46 bits per heavy atom. The van der Waals surface area contributed by atoms with Crippen LogP contribution in [0.5, 0.6) is 0 Å². The Morgan fingerprint density at radius 1 is 0.917 bits per heavy atom. The molecule has 3 nitrogen and oxygen atoms in total. The van der Waals surface area contributed by atoms with E-state index in [2.05, 4.69) is 13.8 Å². The van der Waals surface area contributed by atoms with Gasteiger partial charge in [0.2, 0.25) is 0 Å². The first kappa shape index (κ1) is 18.1. The van der Waals surface area contributed by atoms with Crippen molar-refractivity contribution in [3.63, 3.8) is 0 Å². The summed E-state index contributed by atoms with van der Waals surface area (Å²) in [4.78, 5) is 14.5. The molecule has 0 aliphatic rings. The predicted molar refractivity (Wildman–Crippen MR) is 99.2 cm³/mol. The molecule has 2 aromatic carbocycles. The molecule has 3 heteroatoms. The van der Waals surface area contributed by atoms with Crippen molar-refractivity contribution in [1.29, 1.82) is 0 Å². The summed E-state index contributed by atoms with van der Waals surface area (Å²) in [6.07, 6.45) is 3.58. The topological polar surface area (TPSA) is 29.5 Å². The lowest BCUT2D eigenvalue weighted by molar-refractivity contribution is 0.0922. The van der Waals surface area contributed by atoms with Gasteiger partial charge in [-0.25, -0.2) is 4.79 Å². The minimum Gasteiger partial charge on any atom is -0.446 e. The fourth-order valence-corrected chi connectivity index (χ4v) is 2.75. The van der Waals surface area contributed by atoms with Gasteiger partial charge in [0.15, 0.2) is 0 Å². The van der Waals surface area contributed by atoms with Crippen molar-refractivity contribution in [1.82, 2.24) is 0 Å². The van der Waals surface area contributed by atoms with Crippen LogP contribution in [-0.2, 0) is 11.3 Å². The number of hydrogen-bond acceptors (Lipinski definition) is 2. The first-order valence-electron chi connectivity index (χ1n) is 8.81. The maximum Gasteiger partial charge on any atom is 0.414 e. The molecule has 0 spiro atoms. The molecule has 128 valence electrons. The van der Waals surface area contributed by atoms with Gasteiger partial charge in [-0.05, 0) is 30.5 Å². The van der Waals surface area contributed by atoms with Gasteiger partial charge in [-0.3, -0.25) is 4.90 Å². The Bertz CT molecular complexity index is 592. The van der Waals surface area contributed by atoms with E-state index < -0.39 is 0 Å². The lowest BCUT2D eigenvalue weighted by Gasteiger charge is -2.25. The molecular weight excluding hydrogens is 298 g/mol. The summed E-state index contributed by atoms with van der Waals surface area (Å²) >= 11 is 0. The van der Waals surface area contributed by atoms with Crippen LogP contribution in [0.3, 0.4) is 0 Å².